The number of benzene rings is 2. The summed E-state index contributed by atoms with van der Waals surface area (Å²) in [5, 5.41) is 7.83. The molecule has 5 heteroatoms. The van der Waals surface area contributed by atoms with Gasteiger partial charge in [-0.2, -0.15) is 16.9 Å². The highest BCUT2D eigenvalue weighted by Crippen LogP contribution is 2.22. The topological polar surface area (TPSA) is 46.9 Å². The number of amides is 1. The summed E-state index contributed by atoms with van der Waals surface area (Å²) in [6.07, 6.45) is 2.59. The molecule has 1 N–H and O–H groups in total. The van der Waals surface area contributed by atoms with Gasteiger partial charge in [-0.3, -0.25) is 9.48 Å². The van der Waals surface area contributed by atoms with E-state index in [1.165, 1.54) is 5.56 Å². The van der Waals surface area contributed by atoms with Crippen LogP contribution in [-0.2, 0) is 17.9 Å². The monoisotopic (exact) mass is 379 g/mol. The third-order valence-corrected chi connectivity index (χ3v) is 5.13. The van der Waals surface area contributed by atoms with Crippen molar-refractivity contribution in [3.63, 3.8) is 0 Å². The van der Waals surface area contributed by atoms with Gasteiger partial charge in [-0.05, 0) is 11.3 Å². The summed E-state index contributed by atoms with van der Waals surface area (Å²) in [4.78, 5) is 12.1. The van der Waals surface area contributed by atoms with Crippen molar-refractivity contribution in [1.82, 2.24) is 15.1 Å². The fourth-order valence-electron chi connectivity index (χ4n) is 2.87. The lowest BCUT2D eigenvalue weighted by atomic mass is 10.1. The second-order valence-electron chi connectivity index (χ2n) is 6.28. The number of thioether (sulfide) groups is 1. The van der Waals surface area contributed by atoms with Crippen LogP contribution in [0.3, 0.4) is 0 Å². The third kappa shape index (κ3) is 5.73. The Kier molecular flexibility index (Phi) is 7.11. The second-order valence-corrected chi connectivity index (χ2v) is 7.67. The number of nitrogens with one attached hydrogen (secondary N) is 1. The van der Waals surface area contributed by atoms with Crippen LogP contribution < -0.4 is 5.32 Å². The van der Waals surface area contributed by atoms with Crippen LogP contribution in [-0.4, -0.2) is 27.2 Å². The van der Waals surface area contributed by atoms with Gasteiger partial charge in [0.25, 0.3) is 0 Å². The van der Waals surface area contributed by atoms with Crippen molar-refractivity contribution in [1.29, 1.82) is 0 Å². The van der Waals surface area contributed by atoms with Gasteiger partial charge in [0, 0.05) is 36.0 Å². The van der Waals surface area contributed by atoms with E-state index in [0.29, 0.717) is 19.5 Å². The van der Waals surface area contributed by atoms with Crippen LogP contribution in [0.4, 0.5) is 0 Å². The zero-order valence-corrected chi connectivity index (χ0v) is 16.4. The van der Waals surface area contributed by atoms with Gasteiger partial charge < -0.3 is 5.32 Å². The molecule has 0 bridgehead atoms. The number of nitrogens with zero attached hydrogens (tertiary/aromatic N) is 2. The Labute approximate surface area is 165 Å². The van der Waals surface area contributed by atoms with Crippen molar-refractivity contribution in [2.45, 2.75) is 26.4 Å². The molecular formula is C22H25N3OS. The molecule has 1 amide bonds. The van der Waals surface area contributed by atoms with E-state index < -0.39 is 0 Å². The van der Waals surface area contributed by atoms with Crippen LogP contribution in [0, 0.1) is 0 Å². The maximum Gasteiger partial charge on any atom is 0.221 e. The number of rotatable bonds is 9. The fraction of sp³-hybridized carbons (Fsp3) is 0.273. The lowest BCUT2D eigenvalue weighted by Gasteiger charge is -2.05. The number of hydrogen-bond acceptors (Lipinski definition) is 3. The molecule has 1 aromatic heterocycles. The molecule has 4 nitrogen and oxygen atoms in total. The van der Waals surface area contributed by atoms with E-state index >= 15 is 0 Å². The summed E-state index contributed by atoms with van der Waals surface area (Å²) in [5.41, 5.74) is 4.23. The van der Waals surface area contributed by atoms with Gasteiger partial charge in [0.15, 0.2) is 0 Å². The molecule has 0 saturated carbocycles. The van der Waals surface area contributed by atoms with Crippen LogP contribution in [0.1, 0.15) is 24.5 Å². The first-order valence-corrected chi connectivity index (χ1v) is 10.4. The van der Waals surface area contributed by atoms with E-state index in [-0.39, 0.29) is 5.91 Å². The summed E-state index contributed by atoms with van der Waals surface area (Å²) < 4.78 is 1.95. The van der Waals surface area contributed by atoms with Crippen molar-refractivity contribution in [3.8, 4) is 11.3 Å². The zero-order valence-electron chi connectivity index (χ0n) is 15.6. The molecule has 2 aromatic carbocycles. The van der Waals surface area contributed by atoms with E-state index in [1.807, 2.05) is 47.3 Å². The lowest BCUT2D eigenvalue weighted by molar-refractivity contribution is -0.120. The van der Waals surface area contributed by atoms with Crippen molar-refractivity contribution in [2.24, 2.45) is 0 Å². The van der Waals surface area contributed by atoms with Crippen molar-refractivity contribution >= 4 is 17.7 Å². The summed E-state index contributed by atoms with van der Waals surface area (Å²) in [6, 6.07) is 20.4. The zero-order chi connectivity index (χ0) is 18.9. The molecule has 0 fully saturated rings. The molecule has 1 heterocycles. The van der Waals surface area contributed by atoms with Gasteiger partial charge in [0.2, 0.25) is 5.91 Å². The Balaban J connectivity index is 1.75. The van der Waals surface area contributed by atoms with Crippen LogP contribution in [0.15, 0.2) is 66.9 Å². The Bertz CT molecular complexity index is 847. The molecule has 27 heavy (non-hydrogen) atoms. The molecule has 0 aliphatic heterocycles. The maximum absolute atomic E-state index is 12.1. The Hall–Kier alpha value is -2.53. The SMILES string of the molecule is CCSCCC(=O)NCc1cn(Cc2ccccc2)nc1-c1ccccc1. The van der Waals surface area contributed by atoms with Crippen molar-refractivity contribution in [3.05, 3.63) is 78.0 Å². The number of carbonyl (C=O) groups excluding carboxylic acids is 1. The molecule has 0 spiro atoms. The van der Waals surface area contributed by atoms with Crippen molar-refractivity contribution < 1.29 is 4.79 Å². The third-order valence-electron chi connectivity index (χ3n) is 4.23. The van der Waals surface area contributed by atoms with Gasteiger partial charge >= 0.3 is 0 Å². The molecule has 3 rings (SSSR count). The van der Waals surface area contributed by atoms with E-state index in [2.05, 4.69) is 36.5 Å². The summed E-state index contributed by atoms with van der Waals surface area (Å²) in [6.45, 7) is 3.31. The predicted molar refractivity (Wildman–Crippen MR) is 113 cm³/mol. The average Bonchev–Trinajstić information content (AvgIpc) is 3.11. The Morgan fingerprint density at radius 1 is 1.07 bits per heavy atom. The molecule has 0 unspecified atom stereocenters. The predicted octanol–water partition coefficient (Wildman–Crippen LogP) is 4.36. The molecular weight excluding hydrogens is 354 g/mol. The van der Waals surface area contributed by atoms with Crippen LogP contribution in [0.25, 0.3) is 11.3 Å². The standard InChI is InChI=1S/C22H25N3OS/c1-2-27-14-13-21(26)23-15-20-17-25(16-18-9-5-3-6-10-18)24-22(20)19-11-7-4-8-12-19/h3-12,17H,2,13-16H2,1H3,(H,23,26). The molecule has 140 valence electrons. The molecule has 3 aromatic rings. The normalized spacial score (nSPS) is 10.7. The highest BCUT2D eigenvalue weighted by atomic mass is 32.2. The van der Waals surface area contributed by atoms with Crippen LogP contribution >= 0.6 is 11.8 Å². The molecule has 0 radical (unpaired) electrons. The Morgan fingerprint density at radius 3 is 2.48 bits per heavy atom. The lowest BCUT2D eigenvalue weighted by Crippen LogP contribution is -2.23. The van der Waals surface area contributed by atoms with E-state index in [1.54, 1.807) is 11.8 Å². The summed E-state index contributed by atoms with van der Waals surface area (Å²) in [5.74, 6) is 1.99. The number of hydrogen-bond donors (Lipinski definition) is 1. The quantitative estimate of drug-likeness (QED) is 0.562. The molecule has 0 aliphatic carbocycles. The maximum atomic E-state index is 12.1. The van der Waals surface area contributed by atoms with E-state index in [9.17, 15) is 4.79 Å². The second kappa shape index (κ2) is 9.97. The average molecular weight is 380 g/mol. The van der Waals surface area contributed by atoms with Crippen LogP contribution in [0.5, 0.6) is 0 Å². The minimum Gasteiger partial charge on any atom is -0.352 e. The van der Waals surface area contributed by atoms with Crippen LogP contribution in [0.2, 0.25) is 0 Å². The largest absolute Gasteiger partial charge is 0.352 e. The summed E-state index contributed by atoms with van der Waals surface area (Å²) in [7, 11) is 0. The minimum absolute atomic E-state index is 0.0887. The number of aromatic nitrogens is 2. The van der Waals surface area contributed by atoms with Gasteiger partial charge in [-0.15, -0.1) is 0 Å². The molecule has 0 aliphatic rings. The van der Waals surface area contributed by atoms with Gasteiger partial charge in [-0.25, -0.2) is 0 Å². The van der Waals surface area contributed by atoms with Gasteiger partial charge in [0.05, 0.1) is 12.2 Å². The molecule has 0 atom stereocenters. The number of carbonyl (C=O) groups is 1. The first-order valence-electron chi connectivity index (χ1n) is 9.26. The Morgan fingerprint density at radius 2 is 1.78 bits per heavy atom. The minimum atomic E-state index is 0.0887. The van der Waals surface area contributed by atoms with Gasteiger partial charge in [-0.1, -0.05) is 67.6 Å². The van der Waals surface area contributed by atoms with E-state index in [0.717, 1.165) is 28.3 Å². The first kappa shape index (κ1) is 19.2. The van der Waals surface area contributed by atoms with E-state index in [4.69, 9.17) is 5.10 Å². The first-order chi connectivity index (χ1) is 13.3. The van der Waals surface area contributed by atoms with Gasteiger partial charge in [0.1, 0.15) is 0 Å². The van der Waals surface area contributed by atoms with Crippen molar-refractivity contribution in [2.75, 3.05) is 11.5 Å². The fourth-order valence-corrected chi connectivity index (χ4v) is 3.49. The molecule has 0 saturated heterocycles. The highest BCUT2D eigenvalue weighted by Gasteiger charge is 2.12. The smallest absolute Gasteiger partial charge is 0.221 e. The highest BCUT2D eigenvalue weighted by molar-refractivity contribution is 7.99. The summed E-state index contributed by atoms with van der Waals surface area (Å²) >= 11 is 1.79.